The number of carboxylic acids is 1. The number of carbonyl (C=O) groups excluding carboxylic acids is 2. The second-order valence-electron chi connectivity index (χ2n) is 9.11. The third-order valence-electron chi connectivity index (χ3n) is 6.37. The van der Waals surface area contributed by atoms with Gasteiger partial charge in [0.2, 0.25) is 5.95 Å². The number of hydrogen-bond acceptors (Lipinski definition) is 8. The number of hydrogen-bond donors (Lipinski definition) is 2. The molecule has 0 radical (unpaired) electrons. The molecule has 41 heavy (non-hydrogen) atoms. The summed E-state index contributed by atoms with van der Waals surface area (Å²) in [6, 6.07) is 4.81. The molecule has 11 nitrogen and oxygen atoms in total. The second kappa shape index (κ2) is 13.7. The van der Waals surface area contributed by atoms with Crippen LogP contribution >= 0.6 is 0 Å². The fourth-order valence-corrected chi connectivity index (χ4v) is 4.20. The predicted molar refractivity (Wildman–Crippen MR) is 145 cm³/mol. The number of aromatic nitrogens is 2. The molecule has 1 aliphatic rings. The Kier molecular flexibility index (Phi) is 10.3. The Bertz CT molecular complexity index is 1270. The summed E-state index contributed by atoms with van der Waals surface area (Å²) in [5, 5.41) is 12.6. The molecule has 2 amide bonds. The minimum atomic E-state index is -5.25. The molecule has 1 fully saturated rings. The van der Waals surface area contributed by atoms with Crippen molar-refractivity contribution in [1.82, 2.24) is 14.9 Å². The summed E-state index contributed by atoms with van der Waals surface area (Å²) >= 11 is 0. The zero-order chi connectivity index (χ0) is 30.2. The number of likely N-dealkylation sites (tertiary alicyclic amines) is 1. The van der Waals surface area contributed by atoms with Gasteiger partial charge in [0.15, 0.2) is 5.82 Å². The topological polar surface area (TPSA) is 128 Å². The molecule has 14 heteroatoms. The highest BCUT2D eigenvalue weighted by molar-refractivity contribution is 6.00. The lowest BCUT2D eigenvalue weighted by Gasteiger charge is -2.27. The number of aliphatic carboxylic acids is 1. The highest BCUT2D eigenvalue weighted by atomic mass is 19.4. The Hall–Kier alpha value is -4.54. The Balaban J connectivity index is 1.90. The summed E-state index contributed by atoms with van der Waals surface area (Å²) in [5.41, 5.74) is 0.105. The van der Waals surface area contributed by atoms with Crippen molar-refractivity contribution < 1.29 is 37.4 Å². The maximum absolute atomic E-state index is 13.4. The molecular formula is C27H31F3N6O5. The molecule has 3 rings (SSSR count). The second-order valence-corrected chi connectivity index (χ2v) is 9.11. The quantitative estimate of drug-likeness (QED) is 0.386. The van der Waals surface area contributed by atoms with Crippen molar-refractivity contribution >= 4 is 35.4 Å². The number of benzene rings is 1. The number of alkyl halides is 3. The van der Waals surface area contributed by atoms with Crippen molar-refractivity contribution in [3.8, 4) is 18.1 Å². The summed E-state index contributed by atoms with van der Waals surface area (Å²) in [5.74, 6) is -1.46. The number of terminal acetylenes is 1. The van der Waals surface area contributed by atoms with Gasteiger partial charge in [-0.3, -0.25) is 9.69 Å². The molecule has 1 aromatic carbocycles. The monoisotopic (exact) mass is 576 g/mol. The first-order valence-electron chi connectivity index (χ1n) is 13.0. The van der Waals surface area contributed by atoms with Crippen LogP contribution in [0.2, 0.25) is 0 Å². The lowest BCUT2D eigenvalue weighted by Crippen LogP contribution is -2.42. The number of carboxylic acid groups (broad SMARTS) is 1. The fourth-order valence-electron chi connectivity index (χ4n) is 4.20. The van der Waals surface area contributed by atoms with E-state index in [2.05, 4.69) is 15.3 Å². The molecule has 220 valence electrons. The highest BCUT2D eigenvalue weighted by Gasteiger charge is 2.44. The standard InChI is InChI=1S/C27H31F3N6O5/c1-4-13-36(24(39)27(28,29)30)21-17-31-25(34(5-2)6-3)33-22(21)32-20(23(37)38)16-18-9-11-19(12-10-18)41-26(40)35-14-7-8-15-35/h1,9-12,17,20H,5-8,13-16H2,2-3H3,(H,37,38)(H,31,32,33). The Labute approximate surface area is 235 Å². The van der Waals surface area contributed by atoms with Crippen molar-refractivity contribution in [3.05, 3.63) is 36.0 Å². The Morgan fingerprint density at radius 3 is 2.34 bits per heavy atom. The SMILES string of the molecule is C#CCN(C(=O)C(F)(F)F)c1cnc(N(CC)CC)nc1NC(Cc1ccc(OC(=O)N2CCCC2)cc1)C(=O)O. The third kappa shape index (κ3) is 8.00. The van der Waals surface area contributed by atoms with E-state index in [1.54, 1.807) is 21.9 Å². The zero-order valence-corrected chi connectivity index (χ0v) is 22.6. The molecule has 1 atom stereocenters. The van der Waals surface area contributed by atoms with Crippen LogP contribution in [0.5, 0.6) is 5.75 Å². The Morgan fingerprint density at radius 2 is 1.80 bits per heavy atom. The first kappa shape index (κ1) is 31.0. The third-order valence-corrected chi connectivity index (χ3v) is 6.37. The van der Waals surface area contributed by atoms with Crippen molar-refractivity contribution in [1.29, 1.82) is 0 Å². The predicted octanol–water partition coefficient (Wildman–Crippen LogP) is 3.55. The normalized spacial score (nSPS) is 13.7. The number of rotatable bonds is 11. The van der Waals surface area contributed by atoms with Gasteiger partial charge in [0.1, 0.15) is 17.5 Å². The number of carbonyl (C=O) groups is 3. The molecule has 2 N–H and O–H groups in total. The van der Waals surface area contributed by atoms with Crippen molar-refractivity contribution in [2.45, 2.75) is 45.3 Å². The van der Waals surface area contributed by atoms with E-state index in [1.165, 1.54) is 12.1 Å². The summed E-state index contributed by atoms with van der Waals surface area (Å²) in [6.45, 7) is 5.05. The van der Waals surface area contributed by atoms with Crippen molar-refractivity contribution in [2.75, 3.05) is 47.8 Å². The van der Waals surface area contributed by atoms with E-state index in [0.29, 0.717) is 31.7 Å². The van der Waals surface area contributed by atoms with Gasteiger partial charge in [-0.15, -0.1) is 6.42 Å². The van der Waals surface area contributed by atoms with Gasteiger partial charge in [0, 0.05) is 32.6 Å². The van der Waals surface area contributed by atoms with Crippen LogP contribution in [0.4, 0.5) is 35.4 Å². The largest absolute Gasteiger partial charge is 0.480 e. The smallest absolute Gasteiger partial charge is 0.471 e. The van der Waals surface area contributed by atoms with Gasteiger partial charge in [-0.2, -0.15) is 18.2 Å². The highest BCUT2D eigenvalue weighted by Crippen LogP contribution is 2.30. The molecule has 0 spiro atoms. The van der Waals surface area contributed by atoms with Gasteiger partial charge in [0.05, 0.1) is 12.7 Å². The summed E-state index contributed by atoms with van der Waals surface area (Å²) in [6.07, 6.45) is 2.22. The van der Waals surface area contributed by atoms with E-state index >= 15 is 0 Å². The maximum atomic E-state index is 13.4. The number of ether oxygens (including phenoxy) is 1. The molecule has 2 heterocycles. The number of amides is 2. The van der Waals surface area contributed by atoms with E-state index in [1.807, 2.05) is 19.8 Å². The molecule has 1 saturated heterocycles. The number of nitrogens with one attached hydrogen (secondary N) is 1. The van der Waals surface area contributed by atoms with Gasteiger partial charge in [-0.1, -0.05) is 18.1 Å². The molecule has 0 saturated carbocycles. The number of anilines is 3. The molecular weight excluding hydrogens is 545 g/mol. The number of halogens is 3. The van der Waals surface area contributed by atoms with Crippen LogP contribution < -0.4 is 19.9 Å². The molecule has 2 aromatic rings. The maximum Gasteiger partial charge on any atom is 0.471 e. The van der Waals surface area contributed by atoms with E-state index in [9.17, 15) is 32.7 Å². The lowest BCUT2D eigenvalue weighted by atomic mass is 10.1. The van der Waals surface area contributed by atoms with Crippen LogP contribution in [-0.4, -0.2) is 82.9 Å². The van der Waals surface area contributed by atoms with Crippen LogP contribution in [0.25, 0.3) is 0 Å². The average molecular weight is 577 g/mol. The van der Waals surface area contributed by atoms with E-state index in [4.69, 9.17) is 11.2 Å². The van der Waals surface area contributed by atoms with Crippen LogP contribution in [0.1, 0.15) is 32.3 Å². The summed E-state index contributed by atoms with van der Waals surface area (Å²) < 4.78 is 45.5. The molecule has 1 aromatic heterocycles. The zero-order valence-electron chi connectivity index (χ0n) is 22.6. The number of nitrogens with zero attached hydrogens (tertiary/aromatic N) is 5. The minimum absolute atomic E-state index is 0.120. The lowest BCUT2D eigenvalue weighted by molar-refractivity contribution is -0.170. The first-order valence-corrected chi connectivity index (χ1v) is 13.0. The summed E-state index contributed by atoms with van der Waals surface area (Å²) in [4.78, 5) is 48.6. The first-order chi connectivity index (χ1) is 19.5. The molecule has 1 unspecified atom stereocenters. The van der Waals surface area contributed by atoms with Gasteiger partial charge >= 0.3 is 24.1 Å². The molecule has 0 bridgehead atoms. The van der Waals surface area contributed by atoms with Gasteiger partial charge in [0.25, 0.3) is 0 Å². The van der Waals surface area contributed by atoms with E-state index in [-0.39, 0.29) is 28.8 Å². The molecule has 1 aliphatic heterocycles. The van der Waals surface area contributed by atoms with Crippen molar-refractivity contribution in [3.63, 3.8) is 0 Å². The molecule has 0 aliphatic carbocycles. The van der Waals surface area contributed by atoms with Crippen molar-refractivity contribution in [2.24, 2.45) is 0 Å². The summed E-state index contributed by atoms with van der Waals surface area (Å²) in [7, 11) is 0. The van der Waals surface area contributed by atoms with Crippen LogP contribution in [0.15, 0.2) is 30.5 Å². The van der Waals surface area contributed by atoms with Gasteiger partial charge < -0.3 is 25.0 Å². The van der Waals surface area contributed by atoms with E-state index in [0.717, 1.165) is 19.0 Å². The van der Waals surface area contributed by atoms with Crippen LogP contribution in [0, 0.1) is 12.3 Å². The van der Waals surface area contributed by atoms with Crippen LogP contribution in [-0.2, 0) is 16.0 Å². The van der Waals surface area contributed by atoms with Gasteiger partial charge in [-0.05, 0) is 44.4 Å². The van der Waals surface area contributed by atoms with E-state index < -0.39 is 42.4 Å². The van der Waals surface area contributed by atoms with Gasteiger partial charge in [-0.25, -0.2) is 14.6 Å². The fraction of sp³-hybridized carbons (Fsp3) is 0.444. The minimum Gasteiger partial charge on any atom is -0.480 e. The Morgan fingerprint density at radius 1 is 1.17 bits per heavy atom. The van der Waals surface area contributed by atoms with Crippen LogP contribution in [0.3, 0.4) is 0 Å². The average Bonchev–Trinajstić information content (AvgIpc) is 3.48.